The van der Waals surface area contributed by atoms with Crippen molar-refractivity contribution in [3.05, 3.63) is 89.0 Å². The Morgan fingerprint density at radius 1 is 1.21 bits per heavy atom. The van der Waals surface area contributed by atoms with Crippen LogP contribution < -0.4 is 16.2 Å². The molecule has 33 heavy (non-hydrogen) atoms. The average molecular weight is 442 g/mol. The molecule has 3 aliphatic heterocycles. The molecule has 3 aliphatic rings. The molecule has 0 spiro atoms. The van der Waals surface area contributed by atoms with Crippen LogP contribution in [0.25, 0.3) is 5.82 Å². The van der Waals surface area contributed by atoms with E-state index in [0.29, 0.717) is 17.3 Å². The second-order valence-electron chi connectivity index (χ2n) is 7.84. The third-order valence-corrected chi connectivity index (χ3v) is 5.97. The van der Waals surface area contributed by atoms with Crippen molar-refractivity contribution >= 4 is 11.5 Å². The standard InChI is InChI=1S/C22H22N10O/c1-23-20-13-17(27-15-5-4-10-29(22(15)33)18-6-2-3-9-24-18)28-19-8-12-31(32(19)20)16-7-11-30-21(16)25-14-26-30/h2-6,8-10,13-14,16,27-28H,7,11-12H2,1H3. The number of hydrogen-bond donors (Lipinski definition) is 2. The lowest BCUT2D eigenvalue weighted by Crippen LogP contribution is -2.49. The fraction of sp³-hybridized carbons (Fsp3) is 0.227. The van der Waals surface area contributed by atoms with Crippen molar-refractivity contribution < 1.29 is 0 Å². The molecular formula is C22H22N10O. The first-order valence-electron chi connectivity index (χ1n) is 10.7. The maximum Gasteiger partial charge on any atom is 0.279 e. The normalized spacial score (nSPS) is 20.8. The van der Waals surface area contributed by atoms with Gasteiger partial charge in [0.05, 0.1) is 6.04 Å². The number of nitrogens with zero attached hydrogens (tertiary/aromatic N) is 8. The zero-order chi connectivity index (χ0) is 22.4. The Morgan fingerprint density at radius 3 is 3.00 bits per heavy atom. The van der Waals surface area contributed by atoms with E-state index in [2.05, 4.69) is 46.8 Å². The first kappa shape index (κ1) is 19.4. The number of aliphatic imine (C=N–C) groups is 1. The number of hydrogen-bond acceptors (Lipinski definition) is 8. The second kappa shape index (κ2) is 7.71. The zero-order valence-electron chi connectivity index (χ0n) is 18.0. The molecule has 3 aromatic rings. The average Bonchev–Trinajstić information content (AvgIpc) is 3.56. The Kier molecular flexibility index (Phi) is 4.54. The van der Waals surface area contributed by atoms with Crippen LogP contribution in [0.4, 0.5) is 5.69 Å². The van der Waals surface area contributed by atoms with Gasteiger partial charge in [-0.2, -0.15) is 10.1 Å². The van der Waals surface area contributed by atoms with Crippen molar-refractivity contribution in [3.63, 3.8) is 0 Å². The van der Waals surface area contributed by atoms with Crippen molar-refractivity contribution in [1.29, 1.82) is 0 Å². The van der Waals surface area contributed by atoms with Crippen LogP contribution >= 0.6 is 0 Å². The quantitative estimate of drug-likeness (QED) is 0.621. The molecule has 6 heterocycles. The summed E-state index contributed by atoms with van der Waals surface area (Å²) in [6.45, 7) is 1.57. The Balaban J connectivity index is 1.28. The lowest BCUT2D eigenvalue weighted by molar-refractivity contribution is 0.0519. The highest BCUT2D eigenvalue weighted by Crippen LogP contribution is 2.35. The van der Waals surface area contributed by atoms with Gasteiger partial charge in [0.2, 0.25) is 0 Å². The van der Waals surface area contributed by atoms with Gasteiger partial charge in [-0.1, -0.05) is 6.07 Å². The van der Waals surface area contributed by atoms with Crippen molar-refractivity contribution in [2.75, 3.05) is 18.9 Å². The molecule has 0 fully saturated rings. The Morgan fingerprint density at radius 2 is 2.15 bits per heavy atom. The van der Waals surface area contributed by atoms with Crippen LogP contribution in [-0.2, 0) is 6.54 Å². The predicted octanol–water partition coefficient (Wildman–Crippen LogP) is 1.23. The van der Waals surface area contributed by atoms with Gasteiger partial charge in [0.25, 0.3) is 5.56 Å². The number of pyridine rings is 2. The van der Waals surface area contributed by atoms with Gasteiger partial charge in [-0.3, -0.25) is 14.4 Å². The molecule has 0 radical (unpaired) electrons. The summed E-state index contributed by atoms with van der Waals surface area (Å²) in [7, 11) is 1.76. The molecule has 11 nitrogen and oxygen atoms in total. The van der Waals surface area contributed by atoms with Crippen LogP contribution in [0.3, 0.4) is 0 Å². The third-order valence-electron chi connectivity index (χ3n) is 5.97. The molecule has 0 saturated carbocycles. The summed E-state index contributed by atoms with van der Waals surface area (Å²) in [5.74, 6) is 3.86. The summed E-state index contributed by atoms with van der Waals surface area (Å²) < 4.78 is 3.47. The highest BCUT2D eigenvalue weighted by Gasteiger charge is 2.40. The van der Waals surface area contributed by atoms with E-state index in [1.807, 2.05) is 29.0 Å². The number of fused-ring (bicyclic) bond motifs is 2. The first-order chi connectivity index (χ1) is 16.2. The third kappa shape index (κ3) is 3.21. The van der Waals surface area contributed by atoms with E-state index in [0.717, 1.165) is 37.0 Å². The number of aromatic nitrogens is 5. The largest absolute Gasteiger partial charge is 0.337 e. The van der Waals surface area contributed by atoms with Gasteiger partial charge in [-0.25, -0.2) is 19.7 Å². The SMILES string of the molecule is CN=C1C=C(Nc2cccn(-c3ccccn3)c2=O)NC2=CCN(C3CCn4ncnc43)N21. The number of rotatable bonds is 4. The number of aryl methyl sites for hydroxylation is 1. The fourth-order valence-corrected chi connectivity index (χ4v) is 4.47. The second-order valence-corrected chi connectivity index (χ2v) is 7.84. The van der Waals surface area contributed by atoms with Crippen LogP contribution in [-0.4, -0.2) is 53.8 Å². The smallest absolute Gasteiger partial charge is 0.279 e. The lowest BCUT2D eigenvalue weighted by Gasteiger charge is -2.38. The van der Waals surface area contributed by atoms with Crippen molar-refractivity contribution in [1.82, 2.24) is 39.7 Å². The molecular weight excluding hydrogens is 420 g/mol. The highest BCUT2D eigenvalue weighted by atomic mass is 16.1. The van der Waals surface area contributed by atoms with Crippen molar-refractivity contribution in [2.45, 2.75) is 19.0 Å². The Bertz CT molecular complexity index is 1350. The summed E-state index contributed by atoms with van der Waals surface area (Å²) in [6, 6.07) is 9.16. The van der Waals surface area contributed by atoms with Crippen LogP contribution in [0.15, 0.2) is 82.6 Å². The number of hydrazine groups is 1. The monoisotopic (exact) mass is 442 g/mol. The zero-order valence-corrected chi connectivity index (χ0v) is 18.0. The summed E-state index contributed by atoms with van der Waals surface area (Å²) >= 11 is 0. The minimum absolute atomic E-state index is 0.127. The van der Waals surface area contributed by atoms with E-state index in [4.69, 9.17) is 0 Å². The van der Waals surface area contributed by atoms with E-state index >= 15 is 0 Å². The van der Waals surface area contributed by atoms with Gasteiger partial charge in [0.15, 0.2) is 0 Å². The highest BCUT2D eigenvalue weighted by molar-refractivity contribution is 5.96. The number of nitrogens with one attached hydrogen (secondary N) is 2. The molecule has 0 saturated heterocycles. The summed E-state index contributed by atoms with van der Waals surface area (Å²) in [6.07, 6.45) is 9.92. The van der Waals surface area contributed by atoms with E-state index in [9.17, 15) is 4.79 Å². The maximum absolute atomic E-state index is 13.1. The van der Waals surface area contributed by atoms with Gasteiger partial charge in [0.1, 0.15) is 41.1 Å². The molecule has 11 heteroatoms. The molecule has 166 valence electrons. The maximum atomic E-state index is 13.1. The van der Waals surface area contributed by atoms with Gasteiger partial charge in [-0.05, 0) is 36.8 Å². The predicted molar refractivity (Wildman–Crippen MR) is 122 cm³/mol. The molecule has 0 aliphatic carbocycles. The summed E-state index contributed by atoms with van der Waals surface area (Å²) in [4.78, 5) is 26.3. The minimum atomic E-state index is -0.191. The molecule has 3 aromatic heterocycles. The summed E-state index contributed by atoms with van der Waals surface area (Å²) in [5.41, 5.74) is 0.244. The van der Waals surface area contributed by atoms with Gasteiger partial charge in [-0.15, -0.1) is 0 Å². The molecule has 0 aromatic carbocycles. The minimum Gasteiger partial charge on any atom is -0.337 e. The number of anilines is 1. The van der Waals surface area contributed by atoms with Crippen molar-refractivity contribution in [2.24, 2.45) is 4.99 Å². The van der Waals surface area contributed by atoms with E-state index in [-0.39, 0.29) is 11.6 Å². The Hall–Kier alpha value is -4.25. The topological polar surface area (TPSA) is 108 Å². The van der Waals surface area contributed by atoms with Crippen LogP contribution in [0, 0.1) is 0 Å². The van der Waals surface area contributed by atoms with E-state index < -0.39 is 0 Å². The molecule has 2 N–H and O–H groups in total. The molecule has 0 amide bonds. The fourth-order valence-electron chi connectivity index (χ4n) is 4.47. The van der Waals surface area contributed by atoms with Crippen LogP contribution in [0.1, 0.15) is 18.3 Å². The molecule has 6 rings (SSSR count). The Labute approximate surface area is 189 Å². The van der Waals surface area contributed by atoms with Gasteiger partial charge in [0, 0.05) is 38.6 Å². The van der Waals surface area contributed by atoms with E-state index in [1.165, 1.54) is 4.57 Å². The van der Waals surface area contributed by atoms with Crippen molar-refractivity contribution in [3.8, 4) is 5.82 Å². The summed E-state index contributed by atoms with van der Waals surface area (Å²) in [5, 5.41) is 15.2. The first-order valence-corrected chi connectivity index (χ1v) is 10.7. The van der Waals surface area contributed by atoms with Gasteiger partial charge < -0.3 is 10.6 Å². The number of amidine groups is 1. The molecule has 1 atom stereocenters. The van der Waals surface area contributed by atoms with Crippen LogP contribution in [0.2, 0.25) is 0 Å². The van der Waals surface area contributed by atoms with Crippen LogP contribution in [0.5, 0.6) is 0 Å². The molecule has 0 bridgehead atoms. The molecule has 1 unspecified atom stereocenters. The van der Waals surface area contributed by atoms with E-state index in [1.54, 1.807) is 37.9 Å². The van der Waals surface area contributed by atoms with Gasteiger partial charge >= 0.3 is 0 Å². The lowest BCUT2D eigenvalue weighted by atomic mass is 10.2.